The van der Waals surface area contributed by atoms with Crippen molar-refractivity contribution in [3.05, 3.63) is 47.0 Å². The van der Waals surface area contributed by atoms with Gasteiger partial charge in [-0.1, -0.05) is 6.07 Å². The first-order valence-electron chi connectivity index (χ1n) is 5.48. The zero-order chi connectivity index (χ0) is 12.3. The molecule has 1 aromatic carbocycles. The molecule has 0 fully saturated rings. The van der Waals surface area contributed by atoms with Crippen LogP contribution in [0.2, 0.25) is 0 Å². The van der Waals surface area contributed by atoms with Gasteiger partial charge in [-0.2, -0.15) is 15.4 Å². The zero-order valence-electron chi connectivity index (χ0n) is 9.87. The summed E-state index contributed by atoms with van der Waals surface area (Å²) in [6.45, 7) is 1.98. The lowest BCUT2D eigenvalue weighted by atomic mass is 9.99. The Morgan fingerprint density at radius 1 is 1.47 bits per heavy atom. The standard InChI is InChI=1S/C12H15FN4/c1-8-3-4-10(13)5-9(8)6-11(14-2)12-7-15-17-16-12/h3-5,7,11,14H,6H2,1-2H3,(H,15,16,17). The van der Waals surface area contributed by atoms with E-state index < -0.39 is 0 Å². The minimum Gasteiger partial charge on any atom is -0.311 e. The molecule has 0 amide bonds. The first-order valence-corrected chi connectivity index (χ1v) is 5.48. The number of nitrogens with zero attached hydrogens (tertiary/aromatic N) is 2. The minimum atomic E-state index is -0.208. The van der Waals surface area contributed by atoms with E-state index in [9.17, 15) is 4.39 Å². The van der Waals surface area contributed by atoms with Gasteiger partial charge in [0, 0.05) is 0 Å². The number of aromatic nitrogens is 3. The van der Waals surface area contributed by atoms with Crippen molar-refractivity contribution in [1.82, 2.24) is 20.7 Å². The van der Waals surface area contributed by atoms with E-state index in [0.717, 1.165) is 16.8 Å². The first kappa shape index (κ1) is 11.7. The van der Waals surface area contributed by atoms with Crippen molar-refractivity contribution in [3.63, 3.8) is 0 Å². The molecule has 2 rings (SSSR count). The molecule has 1 aromatic heterocycles. The van der Waals surface area contributed by atoms with Crippen LogP contribution < -0.4 is 5.32 Å². The van der Waals surface area contributed by atoms with Crippen molar-refractivity contribution in [2.24, 2.45) is 0 Å². The summed E-state index contributed by atoms with van der Waals surface area (Å²) in [6.07, 6.45) is 2.36. The SMILES string of the molecule is CNC(Cc1cc(F)ccc1C)c1cn[nH]n1. The van der Waals surface area contributed by atoms with E-state index in [1.54, 1.807) is 18.3 Å². The Balaban J connectivity index is 2.21. The summed E-state index contributed by atoms with van der Waals surface area (Å²) in [5.41, 5.74) is 2.89. The molecule has 4 nitrogen and oxygen atoms in total. The molecule has 0 spiro atoms. The fourth-order valence-electron chi connectivity index (χ4n) is 1.81. The third-order valence-corrected chi connectivity index (χ3v) is 2.87. The lowest BCUT2D eigenvalue weighted by molar-refractivity contribution is 0.567. The Labute approximate surface area is 99.2 Å². The number of rotatable bonds is 4. The predicted octanol–water partition coefficient (Wildman–Crippen LogP) is 1.76. The molecule has 1 unspecified atom stereocenters. The molecule has 0 aliphatic rings. The number of nitrogens with one attached hydrogen (secondary N) is 2. The van der Waals surface area contributed by atoms with Gasteiger partial charge in [-0.25, -0.2) is 4.39 Å². The molecular formula is C12H15FN4. The second kappa shape index (κ2) is 5.05. The van der Waals surface area contributed by atoms with Crippen molar-refractivity contribution in [3.8, 4) is 0 Å². The van der Waals surface area contributed by atoms with Gasteiger partial charge in [0.15, 0.2) is 0 Å². The molecule has 0 bridgehead atoms. The molecule has 5 heteroatoms. The van der Waals surface area contributed by atoms with Gasteiger partial charge in [0.1, 0.15) is 5.82 Å². The van der Waals surface area contributed by atoms with E-state index >= 15 is 0 Å². The highest BCUT2D eigenvalue weighted by molar-refractivity contribution is 5.28. The molecule has 2 N–H and O–H groups in total. The van der Waals surface area contributed by atoms with Crippen molar-refractivity contribution in [1.29, 1.82) is 0 Å². The topological polar surface area (TPSA) is 53.6 Å². The van der Waals surface area contributed by atoms with Gasteiger partial charge in [0.2, 0.25) is 0 Å². The number of aryl methyl sites for hydroxylation is 1. The lowest BCUT2D eigenvalue weighted by Crippen LogP contribution is -2.19. The molecule has 17 heavy (non-hydrogen) atoms. The van der Waals surface area contributed by atoms with Crippen LogP contribution in [0.15, 0.2) is 24.4 Å². The molecule has 1 atom stereocenters. The lowest BCUT2D eigenvalue weighted by Gasteiger charge is -2.14. The van der Waals surface area contributed by atoms with Crippen molar-refractivity contribution < 1.29 is 4.39 Å². The molecule has 0 aliphatic heterocycles. The highest BCUT2D eigenvalue weighted by Gasteiger charge is 2.14. The Hall–Kier alpha value is -1.75. The summed E-state index contributed by atoms with van der Waals surface area (Å²) < 4.78 is 13.2. The monoisotopic (exact) mass is 234 g/mol. The molecule has 0 saturated carbocycles. The summed E-state index contributed by atoms with van der Waals surface area (Å²) in [4.78, 5) is 0. The number of hydrogen-bond donors (Lipinski definition) is 2. The normalized spacial score (nSPS) is 12.6. The maximum Gasteiger partial charge on any atom is 0.123 e. The van der Waals surface area contributed by atoms with Crippen LogP contribution in [0.4, 0.5) is 4.39 Å². The van der Waals surface area contributed by atoms with Gasteiger partial charge in [0.25, 0.3) is 0 Å². The quantitative estimate of drug-likeness (QED) is 0.847. The van der Waals surface area contributed by atoms with Crippen LogP contribution >= 0.6 is 0 Å². The first-order chi connectivity index (χ1) is 8.20. The van der Waals surface area contributed by atoms with Gasteiger partial charge in [0.05, 0.1) is 17.9 Å². The molecule has 90 valence electrons. The largest absolute Gasteiger partial charge is 0.311 e. The molecule has 0 radical (unpaired) electrons. The Morgan fingerprint density at radius 3 is 2.94 bits per heavy atom. The third-order valence-electron chi connectivity index (χ3n) is 2.87. The maximum absolute atomic E-state index is 13.2. The van der Waals surface area contributed by atoms with Crippen LogP contribution in [0.3, 0.4) is 0 Å². The highest BCUT2D eigenvalue weighted by Crippen LogP contribution is 2.19. The number of hydrogen-bond acceptors (Lipinski definition) is 3. The van der Waals surface area contributed by atoms with Crippen LogP contribution in [0.5, 0.6) is 0 Å². The second-order valence-corrected chi connectivity index (χ2v) is 4.01. The second-order valence-electron chi connectivity index (χ2n) is 4.01. The van der Waals surface area contributed by atoms with E-state index in [1.165, 1.54) is 6.07 Å². The highest BCUT2D eigenvalue weighted by atomic mass is 19.1. The average molecular weight is 234 g/mol. The molecule has 0 aliphatic carbocycles. The maximum atomic E-state index is 13.2. The van der Waals surface area contributed by atoms with Gasteiger partial charge >= 0.3 is 0 Å². The van der Waals surface area contributed by atoms with Gasteiger partial charge < -0.3 is 5.32 Å². The Morgan fingerprint density at radius 2 is 2.29 bits per heavy atom. The van der Waals surface area contributed by atoms with E-state index in [4.69, 9.17) is 0 Å². The summed E-state index contributed by atoms with van der Waals surface area (Å²) in [7, 11) is 1.86. The predicted molar refractivity (Wildman–Crippen MR) is 63.0 cm³/mol. The van der Waals surface area contributed by atoms with Gasteiger partial charge in [-0.15, -0.1) is 0 Å². The van der Waals surface area contributed by atoms with E-state index in [2.05, 4.69) is 20.7 Å². The number of H-pyrrole nitrogens is 1. The van der Waals surface area contributed by atoms with Crippen LogP contribution in [-0.2, 0) is 6.42 Å². The molecule has 1 heterocycles. The van der Waals surface area contributed by atoms with Crippen molar-refractivity contribution in [2.45, 2.75) is 19.4 Å². The van der Waals surface area contributed by atoms with Gasteiger partial charge in [-0.05, 0) is 43.7 Å². The Kier molecular flexibility index (Phi) is 3.49. The average Bonchev–Trinajstić information content (AvgIpc) is 2.84. The fourth-order valence-corrected chi connectivity index (χ4v) is 1.81. The minimum absolute atomic E-state index is 0.0363. The number of aromatic amines is 1. The Bertz CT molecular complexity index is 481. The summed E-state index contributed by atoms with van der Waals surface area (Å²) >= 11 is 0. The summed E-state index contributed by atoms with van der Waals surface area (Å²) in [5.74, 6) is -0.208. The van der Waals surface area contributed by atoms with Crippen LogP contribution in [0.25, 0.3) is 0 Å². The van der Waals surface area contributed by atoms with Crippen LogP contribution in [-0.4, -0.2) is 22.5 Å². The fraction of sp³-hybridized carbons (Fsp3) is 0.333. The zero-order valence-corrected chi connectivity index (χ0v) is 9.87. The summed E-state index contributed by atoms with van der Waals surface area (Å²) in [6, 6.07) is 4.87. The summed E-state index contributed by atoms with van der Waals surface area (Å²) in [5, 5.41) is 13.6. The van der Waals surface area contributed by atoms with Crippen molar-refractivity contribution in [2.75, 3.05) is 7.05 Å². The van der Waals surface area contributed by atoms with Crippen LogP contribution in [0.1, 0.15) is 22.9 Å². The van der Waals surface area contributed by atoms with E-state index in [1.807, 2.05) is 14.0 Å². The van der Waals surface area contributed by atoms with E-state index in [0.29, 0.717) is 6.42 Å². The van der Waals surface area contributed by atoms with E-state index in [-0.39, 0.29) is 11.9 Å². The van der Waals surface area contributed by atoms with Crippen LogP contribution in [0, 0.1) is 12.7 Å². The molecule has 0 saturated heterocycles. The third kappa shape index (κ3) is 2.68. The van der Waals surface area contributed by atoms with Crippen molar-refractivity contribution >= 4 is 0 Å². The molecule has 2 aromatic rings. The molecular weight excluding hydrogens is 219 g/mol. The number of benzene rings is 1. The number of likely N-dealkylation sites (N-methyl/N-ethyl adjacent to an activating group) is 1. The number of halogens is 1. The smallest absolute Gasteiger partial charge is 0.123 e. The van der Waals surface area contributed by atoms with Gasteiger partial charge in [-0.3, -0.25) is 0 Å².